The van der Waals surface area contributed by atoms with E-state index in [0.717, 1.165) is 37.6 Å². The summed E-state index contributed by atoms with van der Waals surface area (Å²) in [4.78, 5) is 19.0. The molecule has 0 amide bonds. The zero-order chi connectivity index (χ0) is 18.3. The first-order valence-electron chi connectivity index (χ1n) is 7.91. The quantitative estimate of drug-likeness (QED) is 0.521. The lowest BCUT2D eigenvalue weighted by molar-refractivity contribution is 0.415. The highest BCUT2D eigenvalue weighted by Gasteiger charge is 2.15. The Kier molecular flexibility index (Phi) is 3.96. The van der Waals surface area contributed by atoms with E-state index in [9.17, 15) is 4.79 Å². The number of pyridine rings is 1. The van der Waals surface area contributed by atoms with Crippen LogP contribution in [0.3, 0.4) is 0 Å². The van der Waals surface area contributed by atoms with E-state index < -0.39 is 0 Å². The first-order valence-corrected chi connectivity index (χ1v) is 8.73. The second kappa shape index (κ2) is 6.30. The minimum absolute atomic E-state index is 0.306. The third-order valence-corrected chi connectivity index (χ3v) is 5.06. The summed E-state index contributed by atoms with van der Waals surface area (Å²) in [5.74, 6) is 0.754. The summed E-state index contributed by atoms with van der Waals surface area (Å²) in [7, 11) is 1.61. The van der Waals surface area contributed by atoms with E-state index in [4.69, 9.17) is 4.74 Å². The smallest absolute Gasteiger partial charge is 0.309 e. The van der Waals surface area contributed by atoms with Crippen LogP contribution in [0.2, 0.25) is 0 Å². The summed E-state index contributed by atoms with van der Waals surface area (Å²) >= 11 is 1.32. The van der Waals surface area contributed by atoms with E-state index >= 15 is 0 Å². The van der Waals surface area contributed by atoms with Crippen molar-refractivity contribution in [3.05, 3.63) is 57.5 Å². The maximum atomic E-state index is 12.7. The number of methoxy groups -OCH3 is 1. The molecular formula is C18H15N5O2S. The van der Waals surface area contributed by atoms with Crippen LogP contribution < -0.4 is 10.3 Å². The van der Waals surface area contributed by atoms with Crippen LogP contribution in [0.5, 0.6) is 5.75 Å². The fourth-order valence-electron chi connectivity index (χ4n) is 2.77. The minimum atomic E-state index is -0.306. The normalized spacial score (nSPS) is 11.7. The van der Waals surface area contributed by atoms with Crippen molar-refractivity contribution >= 4 is 38.0 Å². The predicted molar refractivity (Wildman–Crippen MR) is 102 cm³/mol. The minimum Gasteiger partial charge on any atom is -0.497 e. The second-order valence-electron chi connectivity index (χ2n) is 5.84. The molecule has 0 aliphatic carbocycles. The largest absolute Gasteiger partial charge is 0.497 e. The Morgan fingerprint density at radius 1 is 1.23 bits per heavy atom. The van der Waals surface area contributed by atoms with E-state index in [1.807, 2.05) is 44.2 Å². The predicted octanol–water partition coefficient (Wildman–Crippen LogP) is 2.91. The number of aryl methyl sites for hydroxylation is 2. The van der Waals surface area contributed by atoms with Gasteiger partial charge in [-0.2, -0.15) is 5.10 Å². The lowest BCUT2D eigenvalue weighted by Crippen LogP contribution is -2.19. The number of thiophene rings is 1. The van der Waals surface area contributed by atoms with Crippen molar-refractivity contribution in [2.45, 2.75) is 13.8 Å². The van der Waals surface area contributed by atoms with Gasteiger partial charge in [0, 0.05) is 11.1 Å². The van der Waals surface area contributed by atoms with Crippen LogP contribution in [0.4, 0.5) is 0 Å². The van der Waals surface area contributed by atoms with E-state index in [0.29, 0.717) is 10.2 Å². The van der Waals surface area contributed by atoms with Gasteiger partial charge in [-0.1, -0.05) is 4.79 Å². The molecule has 0 fully saturated rings. The molecule has 0 N–H and O–H groups in total. The highest BCUT2D eigenvalue weighted by Crippen LogP contribution is 2.31. The van der Waals surface area contributed by atoms with Crippen LogP contribution in [0.25, 0.3) is 20.4 Å². The topological polar surface area (TPSA) is 82.3 Å². The van der Waals surface area contributed by atoms with Gasteiger partial charge in [-0.25, -0.2) is 4.98 Å². The molecule has 0 saturated carbocycles. The lowest BCUT2D eigenvalue weighted by Gasteiger charge is -1.99. The first-order chi connectivity index (χ1) is 12.6. The Labute approximate surface area is 152 Å². The molecule has 0 bridgehead atoms. The number of nitrogens with zero attached hydrogens (tertiary/aromatic N) is 5. The summed E-state index contributed by atoms with van der Waals surface area (Å²) in [5, 5.41) is 13.2. The van der Waals surface area contributed by atoms with Crippen LogP contribution in [0.15, 0.2) is 40.2 Å². The number of ether oxygens (including phenoxy) is 1. The van der Waals surface area contributed by atoms with Crippen molar-refractivity contribution < 1.29 is 4.74 Å². The van der Waals surface area contributed by atoms with Crippen LogP contribution in [0.1, 0.15) is 16.8 Å². The van der Waals surface area contributed by atoms with E-state index in [1.54, 1.807) is 13.3 Å². The summed E-state index contributed by atoms with van der Waals surface area (Å²) in [5.41, 5.74) is 3.04. The molecule has 0 unspecified atom stereocenters. The zero-order valence-electron chi connectivity index (χ0n) is 14.4. The summed E-state index contributed by atoms with van der Waals surface area (Å²) in [6.45, 7) is 3.91. The van der Waals surface area contributed by atoms with Crippen LogP contribution >= 0.6 is 11.3 Å². The monoisotopic (exact) mass is 365 g/mol. The molecule has 0 spiro atoms. The third kappa shape index (κ3) is 2.74. The average Bonchev–Trinajstić information content (AvgIpc) is 3.01. The molecular weight excluding hydrogens is 350 g/mol. The van der Waals surface area contributed by atoms with Gasteiger partial charge in [0.2, 0.25) is 0 Å². The third-order valence-electron chi connectivity index (χ3n) is 4.00. The van der Waals surface area contributed by atoms with Gasteiger partial charge in [0.15, 0.2) is 0 Å². The highest BCUT2D eigenvalue weighted by molar-refractivity contribution is 7.25. The second-order valence-corrected chi connectivity index (χ2v) is 6.84. The van der Waals surface area contributed by atoms with Gasteiger partial charge in [-0.3, -0.25) is 4.79 Å². The van der Waals surface area contributed by atoms with Crippen molar-refractivity contribution in [1.29, 1.82) is 0 Å². The molecule has 4 aromatic rings. The standard InChI is InChI=1S/C18H15N5O2S/c1-10-8-11(2)20-17-14(10)15-16(26-17)18(24)23(22-21-15)19-9-12-4-6-13(25-3)7-5-12/h4-9H,1-3H3/b19-9+. The molecule has 130 valence electrons. The SMILES string of the molecule is COc1ccc(/C=N/n2nnc3c(sc4nc(C)cc(C)c43)c2=O)cc1. The van der Waals surface area contributed by atoms with Gasteiger partial charge >= 0.3 is 5.56 Å². The van der Waals surface area contributed by atoms with Crippen LogP contribution in [0, 0.1) is 13.8 Å². The van der Waals surface area contributed by atoms with Crippen molar-refractivity contribution in [3.63, 3.8) is 0 Å². The molecule has 0 radical (unpaired) electrons. The number of hydrogen-bond acceptors (Lipinski definition) is 7. The molecule has 8 heteroatoms. The van der Waals surface area contributed by atoms with Crippen LogP contribution in [-0.2, 0) is 0 Å². The molecule has 1 aromatic carbocycles. The van der Waals surface area contributed by atoms with Gasteiger partial charge < -0.3 is 4.74 Å². The molecule has 0 aliphatic rings. The molecule has 0 aliphatic heterocycles. The number of hydrogen-bond donors (Lipinski definition) is 0. The van der Waals surface area contributed by atoms with Gasteiger partial charge in [0.1, 0.15) is 20.8 Å². The van der Waals surface area contributed by atoms with Gasteiger partial charge in [0.05, 0.1) is 13.3 Å². The fraction of sp³-hybridized carbons (Fsp3) is 0.167. The number of fused-ring (bicyclic) bond motifs is 3. The maximum absolute atomic E-state index is 12.7. The molecule has 4 rings (SSSR count). The van der Waals surface area contributed by atoms with Crippen molar-refractivity contribution in [2.24, 2.45) is 5.10 Å². The van der Waals surface area contributed by atoms with Crippen molar-refractivity contribution in [3.8, 4) is 5.75 Å². The van der Waals surface area contributed by atoms with Gasteiger partial charge in [0.25, 0.3) is 0 Å². The number of rotatable bonds is 3. The average molecular weight is 365 g/mol. The maximum Gasteiger partial charge on any atom is 0.309 e. The Morgan fingerprint density at radius 3 is 2.73 bits per heavy atom. The van der Waals surface area contributed by atoms with Crippen LogP contribution in [-0.4, -0.2) is 33.4 Å². The molecule has 3 heterocycles. The van der Waals surface area contributed by atoms with Crippen molar-refractivity contribution in [1.82, 2.24) is 20.1 Å². The van der Waals surface area contributed by atoms with E-state index in [-0.39, 0.29) is 5.56 Å². The molecule has 0 saturated heterocycles. The zero-order valence-corrected chi connectivity index (χ0v) is 15.2. The molecule has 3 aromatic heterocycles. The Hall–Kier alpha value is -3.13. The summed E-state index contributed by atoms with van der Waals surface area (Å²) in [6, 6.07) is 9.30. The van der Waals surface area contributed by atoms with Crippen molar-refractivity contribution in [2.75, 3.05) is 7.11 Å². The highest BCUT2D eigenvalue weighted by atomic mass is 32.1. The number of benzene rings is 1. The fourth-order valence-corrected chi connectivity index (χ4v) is 3.92. The number of aromatic nitrogens is 4. The summed E-state index contributed by atoms with van der Waals surface area (Å²) < 4.78 is 5.62. The molecule has 26 heavy (non-hydrogen) atoms. The Balaban J connectivity index is 1.80. The Morgan fingerprint density at radius 2 is 2.00 bits per heavy atom. The first kappa shape index (κ1) is 16.3. The Bertz CT molecular complexity index is 1210. The summed E-state index contributed by atoms with van der Waals surface area (Å²) in [6.07, 6.45) is 1.56. The van der Waals surface area contributed by atoms with Gasteiger partial charge in [-0.15, -0.1) is 16.4 Å². The lowest BCUT2D eigenvalue weighted by atomic mass is 10.1. The molecule has 7 nitrogen and oxygen atoms in total. The van der Waals surface area contributed by atoms with E-state index in [2.05, 4.69) is 20.4 Å². The van der Waals surface area contributed by atoms with E-state index in [1.165, 1.54) is 11.3 Å². The van der Waals surface area contributed by atoms with Gasteiger partial charge in [-0.05, 0) is 60.5 Å². The molecule has 0 atom stereocenters.